The average molecular weight is 363 g/mol. The van der Waals surface area contributed by atoms with Crippen molar-refractivity contribution in [3.05, 3.63) is 36.0 Å². The lowest BCUT2D eigenvalue weighted by atomic mass is 9.74. The number of carbonyl (C=O) groups excluding carboxylic acids is 1. The largest absolute Gasteiger partial charge is 0.349 e. The first-order chi connectivity index (χ1) is 13.0. The van der Waals surface area contributed by atoms with Crippen LogP contribution in [0.3, 0.4) is 0 Å². The Morgan fingerprint density at radius 1 is 1.15 bits per heavy atom. The molecule has 27 heavy (non-hydrogen) atoms. The van der Waals surface area contributed by atoms with E-state index >= 15 is 0 Å². The van der Waals surface area contributed by atoms with Crippen LogP contribution in [0.25, 0.3) is 11.5 Å². The number of amides is 1. The molecule has 3 aliphatic carbocycles. The van der Waals surface area contributed by atoms with Gasteiger partial charge in [-0.25, -0.2) is 15.0 Å². The topological polar surface area (TPSA) is 80.7 Å². The molecule has 5 rings (SSSR count). The van der Waals surface area contributed by atoms with Gasteiger partial charge in [0.05, 0.1) is 17.9 Å². The molecule has 3 aliphatic rings. The summed E-state index contributed by atoms with van der Waals surface area (Å²) in [6.45, 7) is 4.48. The quantitative estimate of drug-likeness (QED) is 0.905. The zero-order valence-electron chi connectivity index (χ0n) is 15.9. The zero-order valence-corrected chi connectivity index (χ0v) is 15.9. The summed E-state index contributed by atoms with van der Waals surface area (Å²) in [6.07, 6.45) is 13.4. The molecule has 0 saturated heterocycles. The molecule has 0 aliphatic heterocycles. The van der Waals surface area contributed by atoms with Gasteiger partial charge in [-0.2, -0.15) is 0 Å². The van der Waals surface area contributed by atoms with Gasteiger partial charge in [0.25, 0.3) is 0 Å². The third-order valence-corrected chi connectivity index (χ3v) is 6.64. The predicted octanol–water partition coefficient (Wildman–Crippen LogP) is 3.25. The van der Waals surface area contributed by atoms with Gasteiger partial charge in [-0.05, 0) is 42.9 Å². The summed E-state index contributed by atoms with van der Waals surface area (Å²) >= 11 is 0. The molecule has 2 saturated carbocycles. The van der Waals surface area contributed by atoms with E-state index in [-0.39, 0.29) is 23.3 Å². The van der Waals surface area contributed by atoms with Gasteiger partial charge in [-0.1, -0.05) is 20.3 Å². The molecule has 6 heteroatoms. The minimum atomic E-state index is -0.00937. The van der Waals surface area contributed by atoms with Gasteiger partial charge in [0.1, 0.15) is 5.69 Å². The van der Waals surface area contributed by atoms with Gasteiger partial charge in [0.15, 0.2) is 5.82 Å². The number of aromatic nitrogens is 4. The minimum absolute atomic E-state index is 0.00937. The molecule has 2 aromatic heterocycles. The Labute approximate surface area is 159 Å². The van der Waals surface area contributed by atoms with Crippen molar-refractivity contribution in [2.45, 2.75) is 58.4 Å². The van der Waals surface area contributed by atoms with Crippen LogP contribution >= 0.6 is 0 Å². The minimum Gasteiger partial charge on any atom is -0.349 e. The van der Waals surface area contributed by atoms with Gasteiger partial charge in [0, 0.05) is 30.1 Å². The summed E-state index contributed by atoms with van der Waals surface area (Å²) in [5, 5.41) is 3.33. The molecule has 140 valence electrons. The van der Waals surface area contributed by atoms with Crippen LogP contribution in [0.1, 0.15) is 63.3 Å². The number of rotatable bonds is 3. The van der Waals surface area contributed by atoms with Crippen molar-refractivity contribution < 1.29 is 4.79 Å². The standard InChI is InChI=1S/C21H25N5O/c1-20(2)9-15-13(11-24-18(25-15)17-12-22-6-7-23-17)16(10-20)26-19(27)14-8-21(14)4-3-5-21/h6-7,11-12,14,16H,3-5,8-10H2,1-2H3,(H,26,27). The maximum atomic E-state index is 12.8. The first-order valence-electron chi connectivity index (χ1n) is 9.88. The fourth-order valence-corrected chi connectivity index (χ4v) is 4.89. The fraction of sp³-hybridized carbons (Fsp3) is 0.571. The summed E-state index contributed by atoms with van der Waals surface area (Å²) in [5.74, 6) is 1.04. The Morgan fingerprint density at radius 2 is 2.00 bits per heavy atom. The van der Waals surface area contributed by atoms with Crippen LogP contribution in [0.5, 0.6) is 0 Å². The third kappa shape index (κ3) is 2.91. The molecule has 2 aromatic rings. The van der Waals surface area contributed by atoms with Crippen LogP contribution in [0.4, 0.5) is 0 Å². The summed E-state index contributed by atoms with van der Waals surface area (Å²) in [7, 11) is 0. The van der Waals surface area contributed by atoms with Crippen molar-refractivity contribution >= 4 is 5.91 Å². The van der Waals surface area contributed by atoms with Crippen LogP contribution in [0, 0.1) is 16.7 Å². The summed E-state index contributed by atoms with van der Waals surface area (Å²) in [6, 6.07) is -0.00937. The lowest BCUT2D eigenvalue weighted by Gasteiger charge is -2.37. The first-order valence-corrected chi connectivity index (χ1v) is 9.88. The number of fused-ring (bicyclic) bond motifs is 1. The van der Waals surface area contributed by atoms with E-state index < -0.39 is 0 Å². The fourth-order valence-electron chi connectivity index (χ4n) is 4.89. The SMILES string of the molecule is CC1(C)Cc2nc(-c3cnccn3)ncc2C(NC(=O)C2CC23CCC3)C1. The second-order valence-corrected chi connectivity index (χ2v) is 9.27. The maximum Gasteiger partial charge on any atom is 0.224 e. The van der Waals surface area contributed by atoms with E-state index in [2.05, 4.69) is 34.1 Å². The molecule has 1 amide bonds. The molecule has 0 radical (unpaired) electrons. The van der Waals surface area contributed by atoms with Crippen LogP contribution in [-0.2, 0) is 11.2 Å². The van der Waals surface area contributed by atoms with Crippen molar-refractivity contribution in [1.82, 2.24) is 25.3 Å². The molecule has 0 bridgehead atoms. The number of hydrogen-bond donors (Lipinski definition) is 1. The average Bonchev–Trinajstić information content (AvgIpc) is 3.38. The molecule has 2 heterocycles. The Morgan fingerprint density at radius 3 is 2.67 bits per heavy atom. The third-order valence-electron chi connectivity index (χ3n) is 6.64. The van der Waals surface area contributed by atoms with Crippen LogP contribution in [0.2, 0.25) is 0 Å². The molecule has 0 aromatic carbocycles. The Bertz CT molecular complexity index is 891. The highest BCUT2D eigenvalue weighted by Crippen LogP contribution is 2.65. The predicted molar refractivity (Wildman–Crippen MR) is 100 cm³/mol. The lowest BCUT2D eigenvalue weighted by Crippen LogP contribution is -2.39. The Hall–Kier alpha value is -2.37. The van der Waals surface area contributed by atoms with Crippen LogP contribution in [-0.4, -0.2) is 25.8 Å². The van der Waals surface area contributed by atoms with Gasteiger partial charge in [-0.15, -0.1) is 0 Å². The lowest BCUT2D eigenvalue weighted by molar-refractivity contribution is -0.124. The Balaban J connectivity index is 1.42. The maximum absolute atomic E-state index is 12.8. The van der Waals surface area contributed by atoms with E-state index in [0.717, 1.165) is 30.5 Å². The van der Waals surface area contributed by atoms with Gasteiger partial charge >= 0.3 is 0 Å². The second kappa shape index (κ2) is 5.81. The number of nitrogens with zero attached hydrogens (tertiary/aromatic N) is 4. The van der Waals surface area contributed by atoms with E-state index in [1.54, 1.807) is 18.6 Å². The zero-order chi connectivity index (χ0) is 18.6. The first kappa shape index (κ1) is 16.8. The van der Waals surface area contributed by atoms with E-state index in [0.29, 0.717) is 16.9 Å². The van der Waals surface area contributed by atoms with Gasteiger partial charge in [0.2, 0.25) is 5.91 Å². The molecule has 1 spiro atoms. The van der Waals surface area contributed by atoms with Crippen LogP contribution < -0.4 is 5.32 Å². The van der Waals surface area contributed by atoms with Crippen molar-refractivity contribution in [2.24, 2.45) is 16.7 Å². The highest BCUT2D eigenvalue weighted by Gasteiger charge is 2.61. The Kier molecular flexibility index (Phi) is 3.61. The van der Waals surface area contributed by atoms with Crippen molar-refractivity contribution in [3.63, 3.8) is 0 Å². The molecular weight excluding hydrogens is 338 g/mol. The van der Waals surface area contributed by atoms with Crippen LogP contribution in [0.15, 0.2) is 24.8 Å². The van der Waals surface area contributed by atoms with Gasteiger partial charge < -0.3 is 5.32 Å². The molecule has 2 unspecified atom stereocenters. The molecule has 2 atom stereocenters. The number of carbonyl (C=O) groups is 1. The number of hydrogen-bond acceptors (Lipinski definition) is 5. The monoisotopic (exact) mass is 363 g/mol. The smallest absolute Gasteiger partial charge is 0.224 e. The normalized spacial score (nSPS) is 26.7. The summed E-state index contributed by atoms with van der Waals surface area (Å²) < 4.78 is 0. The van der Waals surface area contributed by atoms with Crippen molar-refractivity contribution in [3.8, 4) is 11.5 Å². The number of nitrogens with one attached hydrogen (secondary N) is 1. The molecule has 2 fully saturated rings. The van der Waals surface area contributed by atoms with Gasteiger partial charge in [-0.3, -0.25) is 9.78 Å². The van der Waals surface area contributed by atoms with Crippen molar-refractivity contribution in [2.75, 3.05) is 0 Å². The second-order valence-electron chi connectivity index (χ2n) is 9.27. The highest BCUT2D eigenvalue weighted by molar-refractivity contribution is 5.83. The van der Waals surface area contributed by atoms with E-state index in [1.807, 2.05) is 6.20 Å². The molecular formula is C21H25N5O. The molecule has 6 nitrogen and oxygen atoms in total. The highest BCUT2D eigenvalue weighted by atomic mass is 16.2. The summed E-state index contributed by atoms with van der Waals surface area (Å²) in [4.78, 5) is 30.5. The van der Waals surface area contributed by atoms with Crippen molar-refractivity contribution in [1.29, 1.82) is 0 Å². The van der Waals surface area contributed by atoms with E-state index in [4.69, 9.17) is 4.98 Å². The van der Waals surface area contributed by atoms with E-state index in [1.165, 1.54) is 19.3 Å². The summed E-state index contributed by atoms with van der Waals surface area (Å²) in [5.41, 5.74) is 3.18. The van der Waals surface area contributed by atoms with E-state index in [9.17, 15) is 4.79 Å². The molecule has 1 N–H and O–H groups in total.